The number of fused-ring (bicyclic) bond motifs is 1. The number of thiophene rings is 1. The van der Waals surface area contributed by atoms with Crippen molar-refractivity contribution in [3.63, 3.8) is 0 Å². The number of halogens is 1. The molecular weight excluding hydrogens is 504 g/mol. The predicted octanol–water partition coefficient (Wildman–Crippen LogP) is 3.41. The number of carboxylic acid groups (broad SMARTS) is 2. The summed E-state index contributed by atoms with van der Waals surface area (Å²) in [4.78, 5) is 30.7. The largest absolute Gasteiger partial charge is 0.479 e. The van der Waals surface area contributed by atoms with Gasteiger partial charge in [-0.05, 0) is 46.6 Å². The van der Waals surface area contributed by atoms with Gasteiger partial charge in [0.2, 0.25) is 0 Å². The summed E-state index contributed by atoms with van der Waals surface area (Å²) in [6.45, 7) is 3.39. The number of carboxylic acids is 2. The van der Waals surface area contributed by atoms with E-state index in [9.17, 15) is 14.7 Å². The molecule has 0 bridgehead atoms. The minimum atomic E-state index is -1.19. The summed E-state index contributed by atoms with van der Waals surface area (Å²) in [5, 5.41) is 18.4. The van der Waals surface area contributed by atoms with Crippen molar-refractivity contribution in [2.75, 3.05) is 26.4 Å². The van der Waals surface area contributed by atoms with Crippen molar-refractivity contribution in [2.24, 2.45) is 5.92 Å². The quantitative estimate of drug-likeness (QED) is 0.477. The van der Waals surface area contributed by atoms with E-state index >= 15 is 0 Å². The van der Waals surface area contributed by atoms with Crippen LogP contribution in [0.2, 0.25) is 0 Å². The molecule has 1 fully saturated rings. The van der Waals surface area contributed by atoms with E-state index in [-0.39, 0.29) is 16.7 Å². The molecule has 4 rings (SSSR count). The smallest absolute Gasteiger partial charge is 0.349 e. The van der Waals surface area contributed by atoms with Crippen LogP contribution in [0.25, 0.3) is 10.4 Å². The summed E-state index contributed by atoms with van der Waals surface area (Å²) < 4.78 is 11.6. The zero-order valence-corrected chi connectivity index (χ0v) is 19.4. The molecule has 11 heteroatoms. The molecule has 170 valence electrons. The summed E-state index contributed by atoms with van der Waals surface area (Å²) >= 11 is 4.38. The van der Waals surface area contributed by atoms with Gasteiger partial charge in [0, 0.05) is 19.0 Å². The van der Waals surface area contributed by atoms with Crippen LogP contribution in [0.1, 0.15) is 16.6 Å². The lowest BCUT2D eigenvalue weighted by Gasteiger charge is -2.28. The topological polar surface area (TPSA) is 118 Å². The van der Waals surface area contributed by atoms with Gasteiger partial charge in [0.15, 0.2) is 17.2 Å². The molecule has 1 saturated heterocycles. The number of rotatable bonds is 8. The maximum Gasteiger partial charge on any atom is 0.349 e. The molecule has 2 unspecified atom stereocenters. The summed E-state index contributed by atoms with van der Waals surface area (Å²) in [5.74, 6) is -0.468. The zero-order chi connectivity index (χ0) is 22.8. The molecular formula is C21H21BrN2O7S. The molecule has 2 aromatic rings. The van der Waals surface area contributed by atoms with Crippen LogP contribution >= 0.6 is 27.3 Å². The Balaban J connectivity index is 1.49. The first-order chi connectivity index (χ1) is 15.3. The van der Waals surface area contributed by atoms with Gasteiger partial charge in [-0.15, -0.1) is 11.3 Å². The molecule has 3 heterocycles. The van der Waals surface area contributed by atoms with Crippen LogP contribution in [0.3, 0.4) is 0 Å². The van der Waals surface area contributed by atoms with Gasteiger partial charge in [-0.1, -0.05) is 12.1 Å². The first kappa shape index (κ1) is 22.6. The van der Waals surface area contributed by atoms with Crippen molar-refractivity contribution < 1.29 is 34.1 Å². The number of benzene rings is 1. The van der Waals surface area contributed by atoms with E-state index in [0.717, 1.165) is 35.7 Å². The predicted molar refractivity (Wildman–Crippen MR) is 120 cm³/mol. The van der Waals surface area contributed by atoms with Gasteiger partial charge in [-0.2, -0.15) is 5.48 Å². The molecule has 9 nitrogen and oxygen atoms in total. The fourth-order valence-electron chi connectivity index (χ4n) is 3.56. The fourth-order valence-corrected chi connectivity index (χ4v) is 5.45. The molecule has 2 aliphatic rings. The highest BCUT2D eigenvalue weighted by Crippen LogP contribution is 2.46. The third-order valence-corrected chi connectivity index (χ3v) is 7.42. The van der Waals surface area contributed by atoms with Gasteiger partial charge in [-0.3, -0.25) is 4.90 Å². The highest BCUT2D eigenvalue weighted by atomic mass is 79.9. The Morgan fingerprint density at radius 1 is 1.34 bits per heavy atom. The van der Waals surface area contributed by atoms with E-state index in [1.165, 1.54) is 0 Å². The molecule has 0 spiro atoms. The Morgan fingerprint density at radius 2 is 2.16 bits per heavy atom. The van der Waals surface area contributed by atoms with Gasteiger partial charge in [-0.25, -0.2) is 9.59 Å². The zero-order valence-electron chi connectivity index (χ0n) is 17.0. The van der Waals surface area contributed by atoms with E-state index < -0.39 is 18.5 Å². The Kier molecular flexibility index (Phi) is 6.70. The van der Waals surface area contributed by atoms with Crippen molar-refractivity contribution in [2.45, 2.75) is 13.0 Å². The number of hydroxylamine groups is 1. The average molecular weight is 525 g/mol. The normalized spacial score (nSPS) is 20.2. The van der Waals surface area contributed by atoms with Crippen LogP contribution in [0.5, 0.6) is 11.5 Å². The van der Waals surface area contributed by atoms with Crippen LogP contribution in [0.15, 0.2) is 40.6 Å². The summed E-state index contributed by atoms with van der Waals surface area (Å²) in [5.41, 5.74) is 3.72. The van der Waals surface area contributed by atoms with E-state index in [0.29, 0.717) is 27.7 Å². The fraction of sp³-hybridized carbons (Fsp3) is 0.333. The van der Waals surface area contributed by atoms with Gasteiger partial charge in [0.05, 0.1) is 15.4 Å². The van der Waals surface area contributed by atoms with Gasteiger partial charge in [0.1, 0.15) is 18.2 Å². The van der Waals surface area contributed by atoms with E-state index in [4.69, 9.17) is 19.4 Å². The lowest BCUT2D eigenvalue weighted by atomic mass is 9.97. The third-order valence-electron chi connectivity index (χ3n) is 5.19. The van der Waals surface area contributed by atoms with E-state index in [1.807, 2.05) is 24.3 Å². The van der Waals surface area contributed by atoms with Crippen LogP contribution in [0, 0.1) is 5.92 Å². The SMILES string of the molecule is CC1NOC2=CCN(COc3cccc(-c4sc(C(=O)O)c(OCC(=O)O)c4Br)c3)CC21. The summed E-state index contributed by atoms with van der Waals surface area (Å²) in [6, 6.07) is 7.54. The molecule has 3 N–H and O–H groups in total. The Hall–Kier alpha value is -2.60. The van der Waals surface area contributed by atoms with Crippen molar-refractivity contribution >= 4 is 39.2 Å². The molecule has 2 aliphatic heterocycles. The van der Waals surface area contributed by atoms with Crippen LogP contribution < -0.4 is 15.0 Å². The minimum Gasteiger partial charge on any atom is -0.479 e. The lowest BCUT2D eigenvalue weighted by molar-refractivity contribution is -0.139. The van der Waals surface area contributed by atoms with Gasteiger partial charge < -0.3 is 24.5 Å². The molecule has 1 aromatic heterocycles. The van der Waals surface area contributed by atoms with Crippen LogP contribution in [-0.4, -0.2) is 59.5 Å². The number of aliphatic carboxylic acids is 1. The average Bonchev–Trinajstić information content (AvgIpc) is 3.30. The maximum absolute atomic E-state index is 11.6. The Labute approximate surface area is 196 Å². The van der Waals surface area contributed by atoms with Crippen LogP contribution in [0.4, 0.5) is 0 Å². The number of aromatic carboxylic acids is 1. The second-order valence-corrected chi connectivity index (χ2v) is 9.26. The Morgan fingerprint density at radius 3 is 2.91 bits per heavy atom. The number of hydrogen-bond donors (Lipinski definition) is 3. The highest BCUT2D eigenvalue weighted by molar-refractivity contribution is 9.10. The van der Waals surface area contributed by atoms with Gasteiger partial charge in [0.25, 0.3) is 0 Å². The highest BCUT2D eigenvalue weighted by Gasteiger charge is 2.34. The number of carbonyl (C=O) groups is 2. The molecule has 0 amide bonds. The second-order valence-electron chi connectivity index (χ2n) is 7.45. The number of nitrogens with zero attached hydrogens (tertiary/aromatic N) is 1. The first-order valence-corrected chi connectivity index (χ1v) is 11.4. The van der Waals surface area contributed by atoms with Gasteiger partial charge >= 0.3 is 11.9 Å². The molecule has 0 saturated carbocycles. The van der Waals surface area contributed by atoms with Crippen molar-refractivity contribution in [1.29, 1.82) is 0 Å². The van der Waals surface area contributed by atoms with Crippen molar-refractivity contribution in [1.82, 2.24) is 10.4 Å². The third kappa shape index (κ3) is 4.75. The standard InChI is InChI=1S/C21H21BrN2O7S/c1-11-14-8-24(6-5-15(14)31-23-11)10-30-13-4-2-3-12(7-13)19-17(22)18(29-9-16(25)26)20(32-19)21(27)28/h2-5,7,11,14,23H,6,8-10H2,1H3,(H,25,26)(H,27,28). The minimum absolute atomic E-state index is 0.00337. The second kappa shape index (κ2) is 9.49. The number of ether oxygens (including phenoxy) is 2. The lowest BCUT2D eigenvalue weighted by Crippen LogP contribution is -2.39. The number of nitrogens with one attached hydrogen (secondary N) is 1. The van der Waals surface area contributed by atoms with Crippen LogP contribution in [-0.2, 0) is 9.63 Å². The Bertz CT molecular complexity index is 1070. The molecule has 32 heavy (non-hydrogen) atoms. The molecule has 0 aliphatic carbocycles. The molecule has 2 atom stereocenters. The maximum atomic E-state index is 11.6. The van der Waals surface area contributed by atoms with Crippen molar-refractivity contribution in [3.8, 4) is 21.9 Å². The molecule has 0 radical (unpaired) electrons. The van der Waals surface area contributed by atoms with E-state index in [2.05, 4.69) is 39.3 Å². The van der Waals surface area contributed by atoms with E-state index in [1.54, 1.807) is 0 Å². The van der Waals surface area contributed by atoms with Crippen molar-refractivity contribution in [3.05, 3.63) is 45.5 Å². The monoisotopic (exact) mass is 524 g/mol. The first-order valence-electron chi connectivity index (χ1n) is 9.81. The molecule has 1 aromatic carbocycles. The summed E-state index contributed by atoms with van der Waals surface area (Å²) in [6.07, 6.45) is 2.05. The number of hydrogen-bond acceptors (Lipinski definition) is 8. The summed E-state index contributed by atoms with van der Waals surface area (Å²) in [7, 11) is 0.